The Morgan fingerprint density at radius 1 is 0.750 bits per heavy atom. The van der Waals surface area contributed by atoms with E-state index in [1.165, 1.54) is 6.07 Å². The molecule has 2 aromatic rings. The first kappa shape index (κ1) is 21.7. The molecule has 154 valence electrons. The van der Waals surface area contributed by atoms with Crippen LogP contribution in [0.5, 0.6) is 11.5 Å². The van der Waals surface area contributed by atoms with Gasteiger partial charge in [0.1, 0.15) is 11.5 Å². The molecule has 1 atom stereocenters. The molecule has 3 nitrogen and oxygen atoms in total. The molecule has 0 amide bonds. The Hall–Kier alpha value is -2.56. The van der Waals surface area contributed by atoms with Gasteiger partial charge < -0.3 is 14.6 Å². The van der Waals surface area contributed by atoms with Crippen LogP contribution in [0.2, 0.25) is 0 Å². The molecule has 2 aromatic carbocycles. The fourth-order valence-corrected chi connectivity index (χ4v) is 2.50. The summed E-state index contributed by atoms with van der Waals surface area (Å²) in [6.07, 6.45) is -11.5. The van der Waals surface area contributed by atoms with E-state index in [0.29, 0.717) is 12.1 Å². The number of ether oxygens (including phenoxy) is 2. The monoisotopic (exact) mass is 416 g/mol. The first-order chi connectivity index (χ1) is 12.7. The van der Waals surface area contributed by atoms with Gasteiger partial charge >= 0.3 is 18.5 Å². The average Bonchev–Trinajstić information content (AvgIpc) is 2.58. The molecule has 2 rings (SSSR count). The molecule has 0 heterocycles. The van der Waals surface area contributed by atoms with Gasteiger partial charge in [0, 0.05) is 0 Å². The number of hydrogen-bond acceptors (Lipinski definition) is 3. The topological polar surface area (TPSA) is 38.7 Å². The van der Waals surface area contributed by atoms with E-state index in [1.54, 1.807) is 0 Å². The fourth-order valence-electron chi connectivity index (χ4n) is 2.50. The first-order valence-electron chi connectivity index (χ1n) is 7.40. The molecule has 0 aliphatic carbocycles. The number of halogens is 8. The second-order valence-electron chi connectivity index (χ2n) is 5.59. The van der Waals surface area contributed by atoms with E-state index in [4.69, 9.17) is 4.74 Å². The normalized spacial score (nSPS) is 15.1. The highest BCUT2D eigenvalue weighted by atomic mass is 19.4. The highest BCUT2D eigenvalue weighted by Gasteiger charge is 2.71. The molecule has 11 heteroatoms. The van der Waals surface area contributed by atoms with E-state index >= 15 is 0 Å². The van der Waals surface area contributed by atoms with Gasteiger partial charge in [-0.25, -0.2) is 0 Å². The molecule has 0 saturated heterocycles. The Morgan fingerprint density at radius 2 is 1.21 bits per heavy atom. The number of aliphatic hydroxyl groups is 1. The third-order valence-corrected chi connectivity index (χ3v) is 3.78. The Morgan fingerprint density at radius 3 is 1.64 bits per heavy atom. The van der Waals surface area contributed by atoms with Crippen molar-refractivity contribution in [2.75, 3.05) is 7.11 Å². The third-order valence-electron chi connectivity index (χ3n) is 3.78. The van der Waals surface area contributed by atoms with E-state index in [0.717, 1.165) is 31.4 Å². The molecular weight excluding hydrogens is 404 g/mol. The molecule has 0 radical (unpaired) electrons. The zero-order valence-corrected chi connectivity index (χ0v) is 13.9. The summed E-state index contributed by atoms with van der Waals surface area (Å²) in [5.41, 5.74) is -6.17. The number of hydrogen-bond donors (Lipinski definition) is 1. The second-order valence-corrected chi connectivity index (χ2v) is 5.59. The van der Waals surface area contributed by atoms with E-state index < -0.39 is 40.9 Å². The van der Waals surface area contributed by atoms with Crippen molar-refractivity contribution in [3.63, 3.8) is 0 Å². The SMILES string of the molecule is COc1cccc(C(O)(c2cccc(OC(F)(F)F)c2)C(F)(F)C(F)(F)F)c1. The van der Waals surface area contributed by atoms with Crippen molar-refractivity contribution in [1.29, 1.82) is 0 Å². The van der Waals surface area contributed by atoms with Crippen LogP contribution in [0.1, 0.15) is 11.1 Å². The van der Waals surface area contributed by atoms with Crippen molar-refractivity contribution in [1.82, 2.24) is 0 Å². The molecule has 0 spiro atoms. The van der Waals surface area contributed by atoms with Gasteiger partial charge in [0.25, 0.3) is 0 Å². The maximum atomic E-state index is 14.4. The van der Waals surface area contributed by atoms with Crippen LogP contribution >= 0.6 is 0 Å². The standard InChI is InChI=1S/C17H12F8O3/c1-27-12-6-2-4-10(8-12)14(26,15(18,19)16(20,21)22)11-5-3-7-13(9-11)28-17(23,24)25/h2-9,26H,1H3. The molecule has 1 N–H and O–H groups in total. The molecule has 0 aliphatic heterocycles. The van der Waals surface area contributed by atoms with Gasteiger partial charge in [0.05, 0.1) is 7.11 Å². The fraction of sp³-hybridized carbons (Fsp3) is 0.294. The maximum Gasteiger partial charge on any atom is 0.573 e. The summed E-state index contributed by atoms with van der Waals surface area (Å²) in [4.78, 5) is 0. The number of rotatable bonds is 5. The molecule has 0 bridgehead atoms. The summed E-state index contributed by atoms with van der Waals surface area (Å²) >= 11 is 0. The summed E-state index contributed by atoms with van der Waals surface area (Å²) in [7, 11) is 1.11. The minimum absolute atomic E-state index is 0.156. The number of alkyl halides is 8. The second kappa shape index (κ2) is 7.12. The lowest BCUT2D eigenvalue weighted by atomic mass is 9.80. The maximum absolute atomic E-state index is 14.4. The summed E-state index contributed by atoms with van der Waals surface area (Å²) in [6.45, 7) is 0. The summed E-state index contributed by atoms with van der Waals surface area (Å²) in [5.74, 6) is -7.01. The predicted octanol–water partition coefficient (Wildman–Crippen LogP) is 5.03. The number of methoxy groups -OCH3 is 1. The molecule has 28 heavy (non-hydrogen) atoms. The van der Waals surface area contributed by atoms with Gasteiger partial charge in [-0.05, 0) is 35.4 Å². The van der Waals surface area contributed by atoms with Gasteiger partial charge in [-0.2, -0.15) is 22.0 Å². The lowest BCUT2D eigenvalue weighted by Gasteiger charge is -2.37. The Balaban J connectivity index is 2.74. The van der Waals surface area contributed by atoms with Crippen molar-refractivity contribution in [2.45, 2.75) is 24.1 Å². The highest BCUT2D eigenvalue weighted by Crippen LogP contribution is 2.52. The smallest absolute Gasteiger partial charge is 0.497 e. The van der Waals surface area contributed by atoms with Crippen LogP contribution in [0.15, 0.2) is 48.5 Å². The minimum atomic E-state index is -6.23. The molecule has 0 fully saturated rings. The van der Waals surface area contributed by atoms with Crippen molar-refractivity contribution in [3.05, 3.63) is 59.7 Å². The Kier molecular flexibility index (Phi) is 5.52. The van der Waals surface area contributed by atoms with E-state index in [9.17, 15) is 40.2 Å². The van der Waals surface area contributed by atoms with Crippen molar-refractivity contribution >= 4 is 0 Å². The van der Waals surface area contributed by atoms with Crippen LogP contribution in [-0.2, 0) is 5.60 Å². The van der Waals surface area contributed by atoms with Crippen LogP contribution in [-0.4, -0.2) is 30.7 Å². The minimum Gasteiger partial charge on any atom is -0.497 e. The Bertz CT molecular complexity index is 832. The molecule has 0 aromatic heterocycles. The summed E-state index contributed by atoms with van der Waals surface area (Å²) in [6, 6.07) is 6.06. The summed E-state index contributed by atoms with van der Waals surface area (Å²) in [5, 5.41) is 10.6. The van der Waals surface area contributed by atoms with Crippen LogP contribution in [0.25, 0.3) is 0 Å². The van der Waals surface area contributed by atoms with Gasteiger partial charge in [0.2, 0.25) is 0 Å². The Labute approximate surface area is 153 Å². The van der Waals surface area contributed by atoms with Crippen molar-refractivity contribution in [2.24, 2.45) is 0 Å². The zero-order valence-electron chi connectivity index (χ0n) is 13.9. The van der Waals surface area contributed by atoms with Crippen LogP contribution in [0, 0.1) is 0 Å². The lowest BCUT2D eigenvalue weighted by molar-refractivity contribution is -0.336. The lowest BCUT2D eigenvalue weighted by Crippen LogP contribution is -2.55. The van der Waals surface area contributed by atoms with Gasteiger partial charge in [-0.15, -0.1) is 13.2 Å². The number of benzene rings is 2. The average molecular weight is 416 g/mol. The first-order valence-corrected chi connectivity index (χ1v) is 7.40. The van der Waals surface area contributed by atoms with Crippen LogP contribution < -0.4 is 9.47 Å². The quantitative estimate of drug-likeness (QED) is 0.696. The largest absolute Gasteiger partial charge is 0.573 e. The zero-order chi connectivity index (χ0) is 21.4. The molecule has 0 saturated carbocycles. The van der Waals surface area contributed by atoms with Crippen molar-refractivity contribution in [3.8, 4) is 11.5 Å². The van der Waals surface area contributed by atoms with E-state index in [-0.39, 0.29) is 11.8 Å². The van der Waals surface area contributed by atoms with Crippen LogP contribution in [0.4, 0.5) is 35.1 Å². The predicted molar refractivity (Wildman–Crippen MR) is 80.1 cm³/mol. The third kappa shape index (κ3) is 3.98. The van der Waals surface area contributed by atoms with Gasteiger partial charge in [-0.1, -0.05) is 24.3 Å². The molecule has 0 aliphatic rings. The molecular formula is C17H12F8O3. The van der Waals surface area contributed by atoms with Crippen molar-refractivity contribution < 1.29 is 49.7 Å². The highest BCUT2D eigenvalue weighted by molar-refractivity contribution is 5.45. The summed E-state index contributed by atoms with van der Waals surface area (Å²) < 4.78 is 114. The van der Waals surface area contributed by atoms with Gasteiger partial charge in [0.15, 0.2) is 5.60 Å². The molecule has 1 unspecified atom stereocenters. The van der Waals surface area contributed by atoms with E-state index in [1.807, 2.05) is 0 Å². The van der Waals surface area contributed by atoms with Crippen LogP contribution in [0.3, 0.4) is 0 Å². The van der Waals surface area contributed by atoms with Gasteiger partial charge in [-0.3, -0.25) is 0 Å². The van der Waals surface area contributed by atoms with E-state index in [2.05, 4.69) is 4.74 Å².